The molecule has 0 aliphatic heterocycles. The number of aryl methyl sites for hydroxylation is 1. The summed E-state index contributed by atoms with van der Waals surface area (Å²) in [4.78, 5) is 0. The van der Waals surface area contributed by atoms with Gasteiger partial charge in [-0.05, 0) is 53.9 Å². The maximum Gasteiger partial charge on any atom is -0.0253 e. The molecule has 1 aromatic rings. The van der Waals surface area contributed by atoms with E-state index in [1.807, 2.05) is 0 Å². The summed E-state index contributed by atoms with van der Waals surface area (Å²) in [5.41, 5.74) is 6.36. The van der Waals surface area contributed by atoms with Crippen LogP contribution < -0.4 is 0 Å². The Morgan fingerprint density at radius 3 is 1.75 bits per heavy atom. The van der Waals surface area contributed by atoms with Gasteiger partial charge in [0, 0.05) is 0 Å². The molecule has 0 amide bonds. The third-order valence-electron chi connectivity index (χ3n) is 3.34. The van der Waals surface area contributed by atoms with E-state index in [1.54, 1.807) is 22.3 Å². The van der Waals surface area contributed by atoms with Crippen molar-refractivity contribution in [1.82, 2.24) is 0 Å². The SMILES string of the molecule is CCc1ccc(CC(C)C)c(CC)c1CC. The third kappa shape index (κ3) is 2.87. The highest BCUT2D eigenvalue weighted by Crippen LogP contribution is 2.23. The first-order valence-electron chi connectivity index (χ1n) is 6.76. The second kappa shape index (κ2) is 6.08. The topological polar surface area (TPSA) is 0 Å². The monoisotopic (exact) mass is 218 g/mol. The zero-order valence-electron chi connectivity index (χ0n) is 11.6. The third-order valence-corrected chi connectivity index (χ3v) is 3.34. The first kappa shape index (κ1) is 13.3. The smallest absolute Gasteiger partial charge is 0.0253 e. The highest BCUT2D eigenvalue weighted by atomic mass is 14.2. The van der Waals surface area contributed by atoms with Gasteiger partial charge in [0.15, 0.2) is 0 Å². The average Bonchev–Trinajstić information content (AvgIpc) is 2.27. The molecule has 0 heteroatoms. The highest BCUT2D eigenvalue weighted by Gasteiger charge is 2.10. The van der Waals surface area contributed by atoms with Gasteiger partial charge in [-0.15, -0.1) is 0 Å². The molecular weight excluding hydrogens is 192 g/mol. The van der Waals surface area contributed by atoms with E-state index in [4.69, 9.17) is 0 Å². The maximum absolute atomic E-state index is 2.36. The van der Waals surface area contributed by atoms with E-state index in [2.05, 4.69) is 46.8 Å². The molecule has 0 saturated carbocycles. The van der Waals surface area contributed by atoms with Crippen molar-refractivity contribution in [2.45, 2.75) is 60.3 Å². The predicted octanol–water partition coefficient (Wildman–Crippen LogP) is 4.57. The average molecular weight is 218 g/mol. The Hall–Kier alpha value is -0.780. The number of rotatable bonds is 5. The van der Waals surface area contributed by atoms with Gasteiger partial charge in [-0.2, -0.15) is 0 Å². The van der Waals surface area contributed by atoms with Crippen molar-refractivity contribution in [3.8, 4) is 0 Å². The van der Waals surface area contributed by atoms with Crippen LogP contribution in [0.4, 0.5) is 0 Å². The molecule has 0 aliphatic carbocycles. The van der Waals surface area contributed by atoms with Crippen molar-refractivity contribution in [1.29, 1.82) is 0 Å². The molecule has 0 aliphatic rings. The molecule has 0 heterocycles. The van der Waals surface area contributed by atoms with Gasteiger partial charge in [0.05, 0.1) is 0 Å². The van der Waals surface area contributed by atoms with E-state index in [-0.39, 0.29) is 0 Å². The summed E-state index contributed by atoms with van der Waals surface area (Å²) in [6.45, 7) is 11.4. The van der Waals surface area contributed by atoms with Gasteiger partial charge < -0.3 is 0 Å². The van der Waals surface area contributed by atoms with Crippen LogP contribution in [-0.4, -0.2) is 0 Å². The normalized spacial score (nSPS) is 11.1. The zero-order valence-corrected chi connectivity index (χ0v) is 11.6. The standard InChI is InChI=1S/C16H26/c1-6-13-9-10-14(11-12(4)5)16(8-3)15(13)7-2/h9-10,12H,6-8,11H2,1-5H3. The molecule has 0 fully saturated rings. The number of benzene rings is 1. The molecule has 0 radical (unpaired) electrons. The lowest BCUT2D eigenvalue weighted by molar-refractivity contribution is 0.641. The lowest BCUT2D eigenvalue weighted by Gasteiger charge is -2.17. The molecule has 0 saturated heterocycles. The van der Waals surface area contributed by atoms with Gasteiger partial charge >= 0.3 is 0 Å². The fourth-order valence-electron chi connectivity index (χ4n) is 2.63. The van der Waals surface area contributed by atoms with Crippen molar-refractivity contribution in [3.05, 3.63) is 34.4 Å². The van der Waals surface area contributed by atoms with Gasteiger partial charge in [0.1, 0.15) is 0 Å². The minimum absolute atomic E-state index is 0.752. The predicted molar refractivity (Wildman–Crippen MR) is 73.1 cm³/mol. The largest absolute Gasteiger partial charge is 0.0625 e. The summed E-state index contributed by atoms with van der Waals surface area (Å²) in [5.74, 6) is 0.752. The molecule has 0 N–H and O–H groups in total. The van der Waals surface area contributed by atoms with Gasteiger partial charge in [-0.25, -0.2) is 0 Å². The van der Waals surface area contributed by atoms with E-state index < -0.39 is 0 Å². The zero-order chi connectivity index (χ0) is 12.1. The molecule has 0 atom stereocenters. The first-order valence-corrected chi connectivity index (χ1v) is 6.76. The molecule has 1 aromatic carbocycles. The molecule has 0 spiro atoms. The summed E-state index contributed by atoms with van der Waals surface area (Å²) < 4.78 is 0. The van der Waals surface area contributed by atoms with E-state index in [0.717, 1.165) is 12.3 Å². The number of hydrogen-bond acceptors (Lipinski definition) is 0. The second-order valence-corrected chi connectivity index (χ2v) is 5.00. The fraction of sp³-hybridized carbons (Fsp3) is 0.625. The Bertz CT molecular complexity index is 334. The number of hydrogen-bond donors (Lipinski definition) is 0. The van der Waals surface area contributed by atoms with Crippen molar-refractivity contribution in [2.24, 2.45) is 5.92 Å². The molecule has 16 heavy (non-hydrogen) atoms. The Balaban J connectivity index is 3.20. The first-order chi connectivity index (χ1) is 7.63. The quantitative estimate of drug-likeness (QED) is 0.679. The molecule has 0 unspecified atom stereocenters. The van der Waals surface area contributed by atoms with Crippen molar-refractivity contribution in [3.63, 3.8) is 0 Å². The van der Waals surface area contributed by atoms with Gasteiger partial charge in [-0.1, -0.05) is 46.8 Å². The van der Waals surface area contributed by atoms with E-state index in [1.165, 1.54) is 19.3 Å². The Morgan fingerprint density at radius 1 is 0.812 bits per heavy atom. The van der Waals surface area contributed by atoms with E-state index >= 15 is 0 Å². The molecule has 1 rings (SSSR count). The van der Waals surface area contributed by atoms with Crippen LogP contribution >= 0.6 is 0 Å². The Labute approximate surface area is 101 Å². The van der Waals surface area contributed by atoms with Crippen LogP contribution in [0.1, 0.15) is 56.9 Å². The summed E-state index contributed by atoms with van der Waals surface area (Å²) in [5, 5.41) is 0. The van der Waals surface area contributed by atoms with Crippen LogP contribution in [0, 0.1) is 5.92 Å². The van der Waals surface area contributed by atoms with E-state index in [9.17, 15) is 0 Å². The fourth-order valence-corrected chi connectivity index (χ4v) is 2.63. The van der Waals surface area contributed by atoms with Crippen LogP contribution in [0.25, 0.3) is 0 Å². The lowest BCUT2D eigenvalue weighted by Crippen LogP contribution is -2.05. The summed E-state index contributed by atoms with van der Waals surface area (Å²) in [7, 11) is 0. The Kier molecular flexibility index (Phi) is 5.05. The summed E-state index contributed by atoms with van der Waals surface area (Å²) >= 11 is 0. The van der Waals surface area contributed by atoms with Gasteiger partial charge in [-0.3, -0.25) is 0 Å². The maximum atomic E-state index is 2.36. The van der Waals surface area contributed by atoms with Gasteiger partial charge in [0.2, 0.25) is 0 Å². The van der Waals surface area contributed by atoms with E-state index in [0.29, 0.717) is 0 Å². The van der Waals surface area contributed by atoms with Crippen molar-refractivity contribution < 1.29 is 0 Å². The van der Waals surface area contributed by atoms with Crippen LogP contribution in [0.5, 0.6) is 0 Å². The van der Waals surface area contributed by atoms with Crippen LogP contribution in [-0.2, 0) is 25.7 Å². The summed E-state index contributed by atoms with van der Waals surface area (Å²) in [6.07, 6.45) is 4.75. The molecular formula is C16H26. The lowest BCUT2D eigenvalue weighted by atomic mass is 9.88. The van der Waals surface area contributed by atoms with Crippen LogP contribution in [0.2, 0.25) is 0 Å². The molecule has 0 aromatic heterocycles. The highest BCUT2D eigenvalue weighted by molar-refractivity contribution is 5.41. The van der Waals surface area contributed by atoms with Crippen molar-refractivity contribution in [2.75, 3.05) is 0 Å². The minimum Gasteiger partial charge on any atom is -0.0625 e. The van der Waals surface area contributed by atoms with Crippen LogP contribution in [0.15, 0.2) is 12.1 Å². The second-order valence-electron chi connectivity index (χ2n) is 5.00. The summed E-state index contributed by atoms with van der Waals surface area (Å²) in [6, 6.07) is 4.70. The minimum atomic E-state index is 0.752. The Morgan fingerprint density at radius 2 is 1.31 bits per heavy atom. The molecule has 90 valence electrons. The van der Waals surface area contributed by atoms with Crippen molar-refractivity contribution >= 4 is 0 Å². The molecule has 0 nitrogen and oxygen atoms in total. The molecule has 0 bridgehead atoms. The van der Waals surface area contributed by atoms with Gasteiger partial charge in [0.25, 0.3) is 0 Å². The van der Waals surface area contributed by atoms with Crippen LogP contribution in [0.3, 0.4) is 0 Å².